The fourth-order valence-corrected chi connectivity index (χ4v) is 18.7. The third-order valence-corrected chi connectivity index (χ3v) is 22.0. The van der Waals surface area contributed by atoms with Gasteiger partial charge in [-0.15, -0.1) is 0 Å². The van der Waals surface area contributed by atoms with Gasteiger partial charge in [0.15, 0.2) is 86.3 Å². The van der Waals surface area contributed by atoms with Crippen molar-refractivity contribution < 1.29 is 67.1 Å². The number of amides is 28. The zero-order valence-electron chi connectivity index (χ0n) is 43.2. The lowest BCUT2D eigenvalue weighted by Gasteiger charge is -2.42. The standard InChI is InChI=1S/C42H42N28O14/c71-29-43-1-44-16-18-48(30(44)72)4-52-20-22-56(34(52)76)8-60-24-26-64(38(60)80)12-68-28-27-67(41(68)83)11-63-25-23-59(37(63)79)7-55-21-19-51(33(55)75)3-47(29)17-15(43)45-2-46(16)32(74)50(18)6-54(20)36(78)58(22)10-62(24)40(82)66(26)14-70(28)42(84)69(27)13-65(25)39(81)61(23)9-57(21)35(77)53(19)5-49(17)31(45)73/h15-28H,1-14H2/i1+1,2+1,3+1,4+1,5+1,6+1,7+1,8+1,9+1,10+1,11+1,12+1,13+1,14+1. The van der Waals surface area contributed by atoms with E-state index in [-0.39, 0.29) is 0 Å². The third kappa shape index (κ3) is 4.06. The van der Waals surface area contributed by atoms with Crippen LogP contribution in [0.25, 0.3) is 0 Å². The Hall–Kier alpha value is -10.2. The van der Waals surface area contributed by atoms with Crippen LogP contribution in [0.15, 0.2) is 0 Å². The molecule has 21 aliphatic rings. The zero-order valence-corrected chi connectivity index (χ0v) is 43.2. The van der Waals surface area contributed by atoms with Gasteiger partial charge in [-0.1, -0.05) is 0 Å². The summed E-state index contributed by atoms with van der Waals surface area (Å²) in [6.07, 6.45) is -17.2. The van der Waals surface area contributed by atoms with Gasteiger partial charge in [-0.3, -0.25) is 137 Å². The van der Waals surface area contributed by atoms with E-state index in [0.717, 1.165) is 0 Å². The molecule has 0 aromatic carbocycles. The molecule has 0 aromatic rings. The van der Waals surface area contributed by atoms with Crippen molar-refractivity contribution >= 4 is 84.4 Å². The molecular formula is C42H42N28O14. The van der Waals surface area contributed by atoms with Gasteiger partial charge in [0.25, 0.3) is 0 Å². The van der Waals surface area contributed by atoms with E-state index in [9.17, 15) is 0 Å². The Labute approximate surface area is 467 Å². The molecule has 0 unspecified atom stereocenters. The molecule has 21 rings (SSSR count). The molecule has 434 valence electrons. The highest BCUT2D eigenvalue weighted by Gasteiger charge is 2.77. The van der Waals surface area contributed by atoms with E-state index in [4.69, 9.17) is 0 Å². The lowest BCUT2D eigenvalue weighted by molar-refractivity contribution is -0.0191. The van der Waals surface area contributed by atoms with E-state index in [1.807, 2.05) is 0 Å². The number of hydrogen-bond acceptors (Lipinski definition) is 14. The van der Waals surface area contributed by atoms with Gasteiger partial charge in [0.1, 0.15) is 93.4 Å². The highest BCUT2D eigenvalue weighted by molar-refractivity contribution is 5.95. The predicted octanol–water partition coefficient (Wildman–Crippen LogP) is -6.61. The van der Waals surface area contributed by atoms with Crippen LogP contribution in [-0.2, 0) is 0 Å². The fraction of sp³-hybridized carbons (Fsp3) is 0.667. The molecule has 0 radical (unpaired) electrons. The van der Waals surface area contributed by atoms with Crippen molar-refractivity contribution in [2.24, 2.45) is 0 Å². The number of hydrogen-bond donors (Lipinski definition) is 0. The summed E-state index contributed by atoms with van der Waals surface area (Å²) in [5.74, 6) is 0. The molecule has 42 heteroatoms. The van der Waals surface area contributed by atoms with E-state index in [2.05, 4.69) is 0 Å². The van der Waals surface area contributed by atoms with E-state index in [0.29, 0.717) is 0 Å². The summed E-state index contributed by atoms with van der Waals surface area (Å²) < 4.78 is 0. The first-order valence-electron chi connectivity index (χ1n) is 27.5. The summed E-state index contributed by atoms with van der Waals surface area (Å²) >= 11 is 0. The summed E-state index contributed by atoms with van der Waals surface area (Å²) in [4.78, 5) is 251. The van der Waals surface area contributed by atoms with Gasteiger partial charge in [0.2, 0.25) is 0 Å². The molecule has 21 aliphatic heterocycles. The average Bonchev–Trinajstić information content (AvgIpc) is 1.62. The van der Waals surface area contributed by atoms with Gasteiger partial charge in [-0.2, -0.15) is 0 Å². The van der Waals surface area contributed by atoms with Crippen molar-refractivity contribution in [1.82, 2.24) is 137 Å². The largest absolute Gasteiger partial charge is 0.326 e. The second-order valence-corrected chi connectivity index (χ2v) is 24.9. The van der Waals surface area contributed by atoms with Crippen LogP contribution >= 0.6 is 0 Å². The molecular weight excluding hydrogens is 1130 g/mol. The normalized spacial score (nSPS) is 40.3. The molecule has 21 saturated heterocycles. The Morgan fingerprint density at radius 2 is 0.167 bits per heavy atom. The third-order valence-electron chi connectivity index (χ3n) is 22.0. The summed E-state index contributed by atoms with van der Waals surface area (Å²) in [6.45, 7) is -7.10. The molecule has 0 aliphatic carbocycles. The number of urea groups is 14. The molecule has 21 fully saturated rings. The van der Waals surface area contributed by atoms with Gasteiger partial charge in [0, 0.05) is 0 Å². The molecule has 0 aromatic heterocycles. The van der Waals surface area contributed by atoms with Crippen LogP contribution in [0.2, 0.25) is 0 Å². The molecule has 28 amide bonds. The monoisotopic (exact) mass is 1180 g/mol. The van der Waals surface area contributed by atoms with Crippen molar-refractivity contribution in [2.45, 2.75) is 86.3 Å². The molecule has 84 heavy (non-hydrogen) atoms. The fourth-order valence-electron chi connectivity index (χ4n) is 18.7. The van der Waals surface area contributed by atoms with Gasteiger partial charge in [-0.25, -0.2) is 67.1 Å². The van der Waals surface area contributed by atoms with Crippen molar-refractivity contribution in [3.8, 4) is 0 Å². The minimum absolute atomic E-state index is 0.507. The van der Waals surface area contributed by atoms with Gasteiger partial charge in [0.05, 0.1) is 0 Å². The molecule has 0 spiro atoms. The molecule has 0 saturated carbocycles. The van der Waals surface area contributed by atoms with E-state index >= 15 is 67.1 Å². The van der Waals surface area contributed by atoms with E-state index in [1.165, 1.54) is 137 Å². The summed E-state index contributed by atoms with van der Waals surface area (Å²) in [7, 11) is 0. The van der Waals surface area contributed by atoms with Crippen LogP contribution in [0.5, 0.6) is 0 Å². The molecule has 21 heterocycles. The van der Waals surface area contributed by atoms with Crippen LogP contribution in [0.4, 0.5) is 67.1 Å². The quantitative estimate of drug-likeness (QED) is 0.204. The number of carbonyl (C=O) groups is 14. The van der Waals surface area contributed by atoms with Crippen LogP contribution < -0.4 is 0 Å². The second-order valence-electron chi connectivity index (χ2n) is 24.9. The highest BCUT2D eigenvalue weighted by atomic mass is 16.3. The maximum absolute atomic E-state index is 15.3. The van der Waals surface area contributed by atoms with Gasteiger partial charge < -0.3 is 0 Å². The van der Waals surface area contributed by atoms with Crippen molar-refractivity contribution in [3.05, 3.63) is 0 Å². The minimum atomic E-state index is -1.23. The summed E-state index contributed by atoms with van der Waals surface area (Å²) in [5, 5.41) is 0. The maximum Gasteiger partial charge on any atom is 0.326 e. The Bertz CT molecular complexity index is 2540. The minimum Gasteiger partial charge on any atom is -0.282 e. The Morgan fingerprint density at radius 3 is 0.214 bits per heavy atom. The number of carbonyl (C=O) groups excluding carboxylic acids is 14. The topological polar surface area (TPSA) is 330 Å². The molecule has 0 atom stereocenters. The Kier molecular flexibility index (Phi) is 6.58. The van der Waals surface area contributed by atoms with E-state index in [1.54, 1.807) is 0 Å². The summed E-state index contributed by atoms with van der Waals surface area (Å²) in [5.41, 5.74) is 0. The van der Waals surface area contributed by atoms with Crippen molar-refractivity contribution in [2.75, 3.05) is 93.4 Å². The smallest absolute Gasteiger partial charge is 0.282 e. The van der Waals surface area contributed by atoms with Crippen molar-refractivity contribution in [3.63, 3.8) is 0 Å². The first-order valence-corrected chi connectivity index (χ1v) is 27.5. The first kappa shape index (κ1) is 43.5. The zero-order chi connectivity index (χ0) is 56.2. The van der Waals surface area contributed by atoms with Crippen LogP contribution in [0.3, 0.4) is 0 Å². The maximum atomic E-state index is 15.3. The highest BCUT2D eigenvalue weighted by Crippen LogP contribution is 2.52. The van der Waals surface area contributed by atoms with E-state index < -0.39 is 264 Å². The van der Waals surface area contributed by atoms with Gasteiger partial charge >= 0.3 is 84.4 Å². The molecule has 0 bridgehead atoms. The van der Waals surface area contributed by atoms with Crippen LogP contribution in [0.1, 0.15) is 0 Å². The van der Waals surface area contributed by atoms with Gasteiger partial charge in [-0.05, 0) is 0 Å². The van der Waals surface area contributed by atoms with Crippen LogP contribution in [0, 0.1) is 0 Å². The Balaban J connectivity index is 0.738. The van der Waals surface area contributed by atoms with Crippen LogP contribution in [-0.4, -0.2) is 401 Å². The SMILES string of the molecule is O=C1N2[13CH2]N3C(=O)N4[13CH2]N5C(=O)N6[13CH2]N7C(=O)N8[13CH2]N9C(=O)N%10[13CH2]N%11C(=O)N%12[13CH2]N%13C(=O)N%14[13CH2]N1C1C2N2[13CH2]N%15C(=O)N([13CH2]N%16C(=O)N([13CH2]N%17C(=O)N([13CH2]N%18C(=O)N([13CH2]N%19C(=O)N([13CH2]N%20C(=O)N([13CH2]N1C2=O)C%14C%13%20)C%12C%11%19)C%10C9%18)C8C7%17)C6C5%16)C4C3%15. The number of nitrogens with zero attached hydrogens (tertiary/aromatic N) is 28. The first-order chi connectivity index (χ1) is 40.5. The number of rotatable bonds is 0. The van der Waals surface area contributed by atoms with Crippen molar-refractivity contribution in [1.29, 1.82) is 0 Å². The molecule has 42 nitrogen and oxygen atoms in total. The lowest BCUT2D eigenvalue weighted by Crippen LogP contribution is -2.63. The molecule has 0 N–H and O–H groups in total. The lowest BCUT2D eigenvalue weighted by atomic mass is 10.3. The average molecular weight is 1180 g/mol. The second kappa shape index (κ2) is 12.7. The Morgan fingerprint density at radius 1 is 0.119 bits per heavy atom. The summed E-state index contributed by atoms with van der Waals surface area (Å²) in [6, 6.07) is -9.95. The predicted molar refractivity (Wildman–Crippen MR) is 248 cm³/mol.